The third kappa shape index (κ3) is 6.87. The number of hydrogen-bond donors (Lipinski definition) is 2. The first-order chi connectivity index (χ1) is 14.5. The van der Waals surface area contributed by atoms with Gasteiger partial charge in [-0.1, -0.05) is 62.4 Å². The van der Waals surface area contributed by atoms with Gasteiger partial charge in [-0.25, -0.2) is 26.3 Å². The molecule has 8 heteroatoms. The van der Waals surface area contributed by atoms with E-state index < -0.39 is 24.8 Å². The van der Waals surface area contributed by atoms with Crippen molar-refractivity contribution in [2.75, 3.05) is 18.8 Å². The van der Waals surface area contributed by atoms with Crippen molar-refractivity contribution < 1.29 is 16.8 Å². The lowest BCUT2D eigenvalue weighted by atomic mass is 9.97. The Balaban J connectivity index is 2.06. The van der Waals surface area contributed by atoms with Gasteiger partial charge in [0.1, 0.15) is 4.75 Å². The van der Waals surface area contributed by atoms with E-state index in [1.807, 2.05) is 62.4 Å². The highest BCUT2D eigenvalue weighted by Crippen LogP contribution is 2.31. The van der Waals surface area contributed by atoms with Crippen LogP contribution in [0.5, 0.6) is 0 Å². The molecule has 0 fully saturated rings. The molecule has 172 valence electrons. The van der Waals surface area contributed by atoms with Crippen molar-refractivity contribution in [3.05, 3.63) is 59.7 Å². The minimum Gasteiger partial charge on any atom is -0.215 e. The maximum atomic E-state index is 12.6. The van der Waals surface area contributed by atoms with Gasteiger partial charge >= 0.3 is 0 Å². The van der Waals surface area contributed by atoms with Crippen molar-refractivity contribution in [2.45, 2.75) is 51.7 Å². The van der Waals surface area contributed by atoms with Gasteiger partial charge in [0, 0.05) is 13.1 Å². The molecule has 0 unspecified atom stereocenters. The summed E-state index contributed by atoms with van der Waals surface area (Å²) in [4.78, 5) is 0. The van der Waals surface area contributed by atoms with Crippen LogP contribution >= 0.6 is 0 Å². The Morgan fingerprint density at radius 1 is 0.742 bits per heavy atom. The second-order valence-electron chi connectivity index (χ2n) is 8.15. The van der Waals surface area contributed by atoms with Gasteiger partial charge in [0.25, 0.3) is 0 Å². The zero-order valence-electron chi connectivity index (χ0n) is 18.8. The highest BCUT2D eigenvalue weighted by molar-refractivity contribution is 7.90. The summed E-state index contributed by atoms with van der Waals surface area (Å²) in [5.74, 6) is 0.148. The molecule has 2 N–H and O–H groups in total. The Morgan fingerprint density at radius 3 is 1.81 bits per heavy atom. The second kappa shape index (κ2) is 10.7. The Bertz CT molecular complexity index is 1040. The van der Waals surface area contributed by atoms with E-state index in [1.54, 1.807) is 13.8 Å². The summed E-state index contributed by atoms with van der Waals surface area (Å²) in [5, 5.41) is 0. The summed E-state index contributed by atoms with van der Waals surface area (Å²) in [6.45, 7) is 8.00. The minimum atomic E-state index is -3.48. The van der Waals surface area contributed by atoms with E-state index in [1.165, 1.54) is 0 Å². The van der Waals surface area contributed by atoms with Crippen LogP contribution in [0.15, 0.2) is 48.5 Å². The van der Waals surface area contributed by atoms with Crippen LogP contribution < -0.4 is 9.44 Å². The highest BCUT2D eigenvalue weighted by atomic mass is 32.2. The first-order valence-electron chi connectivity index (χ1n) is 10.7. The third-order valence-corrected chi connectivity index (χ3v) is 9.04. The van der Waals surface area contributed by atoms with E-state index in [-0.39, 0.29) is 5.75 Å². The van der Waals surface area contributed by atoms with Crippen LogP contribution in [0.4, 0.5) is 0 Å². The van der Waals surface area contributed by atoms with E-state index in [2.05, 4.69) is 9.44 Å². The molecule has 0 saturated carbocycles. The molecule has 6 nitrogen and oxygen atoms in total. The molecule has 0 aliphatic rings. The Morgan fingerprint density at radius 2 is 1.29 bits per heavy atom. The summed E-state index contributed by atoms with van der Waals surface area (Å²) in [6, 6.07) is 15.5. The van der Waals surface area contributed by atoms with Gasteiger partial charge in [-0.3, -0.25) is 0 Å². The number of rotatable bonds is 12. The van der Waals surface area contributed by atoms with E-state index >= 15 is 0 Å². The largest absolute Gasteiger partial charge is 0.221 e. The number of nitrogens with one attached hydrogen (secondary N) is 2. The van der Waals surface area contributed by atoms with Crippen LogP contribution in [0, 0.1) is 0 Å². The number of sulfonamides is 2. The summed E-state index contributed by atoms with van der Waals surface area (Å²) in [7, 11) is -6.66. The quantitative estimate of drug-likeness (QED) is 0.498. The van der Waals surface area contributed by atoms with E-state index in [9.17, 15) is 16.8 Å². The zero-order valence-corrected chi connectivity index (χ0v) is 20.4. The van der Waals surface area contributed by atoms with Crippen molar-refractivity contribution in [2.24, 2.45) is 0 Å². The highest BCUT2D eigenvalue weighted by Gasteiger charge is 2.35. The topological polar surface area (TPSA) is 92.3 Å². The standard InChI is InChI=1S/C23H34N2O4S2/c1-5-16-25-31(28,29)23(3,4)22-13-11-21(12-14-22)20-9-7-19(8-10-20)15-17-24-30(26,27)18-6-2/h7-14,24-25H,5-6,15-18H2,1-4H3. The second-order valence-corrected chi connectivity index (χ2v) is 12.4. The van der Waals surface area contributed by atoms with Crippen LogP contribution in [0.1, 0.15) is 51.7 Å². The first kappa shape index (κ1) is 25.5. The molecule has 0 aliphatic heterocycles. The van der Waals surface area contributed by atoms with E-state index in [4.69, 9.17) is 0 Å². The fourth-order valence-electron chi connectivity index (χ4n) is 3.19. The average Bonchev–Trinajstić information content (AvgIpc) is 2.72. The van der Waals surface area contributed by atoms with Crippen molar-refractivity contribution in [1.29, 1.82) is 0 Å². The summed E-state index contributed by atoms with van der Waals surface area (Å²) in [6.07, 6.45) is 1.97. The lowest BCUT2D eigenvalue weighted by Crippen LogP contribution is -2.39. The molecule has 0 saturated heterocycles. The van der Waals surface area contributed by atoms with Crippen LogP contribution in [0.25, 0.3) is 11.1 Å². The molecule has 0 bridgehead atoms. The van der Waals surface area contributed by atoms with Crippen molar-refractivity contribution in [1.82, 2.24) is 9.44 Å². The first-order valence-corrected chi connectivity index (χ1v) is 13.8. The maximum absolute atomic E-state index is 12.6. The fraction of sp³-hybridized carbons (Fsp3) is 0.478. The summed E-state index contributed by atoms with van der Waals surface area (Å²) < 4.78 is 53.0. The maximum Gasteiger partial charge on any atom is 0.221 e. The molecule has 0 amide bonds. The van der Waals surface area contributed by atoms with Crippen LogP contribution in [-0.2, 0) is 31.2 Å². The number of benzene rings is 2. The van der Waals surface area contributed by atoms with Crippen molar-refractivity contribution in [3.8, 4) is 11.1 Å². The van der Waals surface area contributed by atoms with Crippen LogP contribution in [0.3, 0.4) is 0 Å². The van der Waals surface area contributed by atoms with Gasteiger partial charge in [-0.05, 0) is 55.4 Å². The Hall–Kier alpha value is -1.74. The molecule has 2 rings (SSSR count). The Kier molecular flexibility index (Phi) is 8.83. The molecule has 0 aromatic heterocycles. The van der Waals surface area contributed by atoms with Gasteiger partial charge in [0.15, 0.2) is 0 Å². The third-order valence-electron chi connectivity index (χ3n) is 5.29. The van der Waals surface area contributed by atoms with Gasteiger partial charge in [-0.2, -0.15) is 0 Å². The fourth-order valence-corrected chi connectivity index (χ4v) is 5.57. The van der Waals surface area contributed by atoms with Crippen LogP contribution in [0.2, 0.25) is 0 Å². The predicted octanol–water partition coefficient (Wildman–Crippen LogP) is 3.79. The molecule has 2 aromatic rings. The van der Waals surface area contributed by atoms with Crippen LogP contribution in [-0.4, -0.2) is 35.7 Å². The van der Waals surface area contributed by atoms with Gasteiger partial charge in [0.2, 0.25) is 20.0 Å². The zero-order chi connectivity index (χ0) is 23.1. The van der Waals surface area contributed by atoms with Gasteiger partial charge in [0.05, 0.1) is 5.75 Å². The lowest BCUT2D eigenvalue weighted by Gasteiger charge is -2.26. The van der Waals surface area contributed by atoms with E-state index in [0.29, 0.717) is 25.9 Å². The summed E-state index contributed by atoms with van der Waals surface area (Å²) in [5.41, 5.74) is 3.80. The molecular weight excluding hydrogens is 432 g/mol. The molecule has 31 heavy (non-hydrogen) atoms. The van der Waals surface area contributed by atoms with E-state index in [0.717, 1.165) is 28.7 Å². The average molecular weight is 467 g/mol. The number of hydrogen-bond acceptors (Lipinski definition) is 4. The van der Waals surface area contributed by atoms with Gasteiger partial charge < -0.3 is 0 Å². The minimum absolute atomic E-state index is 0.148. The monoisotopic (exact) mass is 466 g/mol. The lowest BCUT2D eigenvalue weighted by molar-refractivity contribution is 0.539. The molecule has 0 radical (unpaired) electrons. The Labute approximate surface area is 187 Å². The smallest absolute Gasteiger partial charge is 0.215 e. The van der Waals surface area contributed by atoms with Gasteiger partial charge in [-0.15, -0.1) is 0 Å². The molecule has 0 aliphatic carbocycles. The predicted molar refractivity (Wildman–Crippen MR) is 128 cm³/mol. The molecule has 0 atom stereocenters. The molecule has 0 heterocycles. The normalized spacial score (nSPS) is 12.8. The van der Waals surface area contributed by atoms with Crippen molar-refractivity contribution in [3.63, 3.8) is 0 Å². The SMILES string of the molecule is CCCNS(=O)(=O)C(C)(C)c1ccc(-c2ccc(CCNS(=O)(=O)CCC)cc2)cc1. The molecular formula is C23H34N2O4S2. The molecule has 2 aromatic carbocycles. The van der Waals surface area contributed by atoms with Crippen molar-refractivity contribution >= 4 is 20.0 Å². The molecule has 0 spiro atoms. The summed E-state index contributed by atoms with van der Waals surface area (Å²) >= 11 is 0.